The fourth-order valence-corrected chi connectivity index (χ4v) is 5.26. The summed E-state index contributed by atoms with van der Waals surface area (Å²) in [5.74, 6) is 0.536. The number of hydrogen-bond donors (Lipinski definition) is 1. The minimum Gasteiger partial charge on any atom is -0.207 e. The first-order chi connectivity index (χ1) is 9.37. The van der Waals surface area contributed by atoms with Crippen LogP contribution in [0.15, 0.2) is 29.2 Å². The van der Waals surface area contributed by atoms with E-state index in [0.717, 1.165) is 25.7 Å². The third kappa shape index (κ3) is 3.75. The molecule has 0 aliphatic heterocycles. The summed E-state index contributed by atoms with van der Waals surface area (Å²) in [4.78, 5) is 0.264. The van der Waals surface area contributed by atoms with Crippen molar-refractivity contribution in [2.75, 3.05) is 5.33 Å². The lowest BCUT2D eigenvalue weighted by Gasteiger charge is -2.39. The van der Waals surface area contributed by atoms with Crippen molar-refractivity contribution in [3.05, 3.63) is 29.3 Å². The topological polar surface area (TPSA) is 46.2 Å². The van der Waals surface area contributed by atoms with Crippen molar-refractivity contribution in [3.63, 3.8) is 0 Å². The summed E-state index contributed by atoms with van der Waals surface area (Å²) in [5, 5.41) is 1.17. The molecule has 20 heavy (non-hydrogen) atoms. The highest BCUT2D eigenvalue weighted by molar-refractivity contribution is 9.09. The van der Waals surface area contributed by atoms with E-state index in [2.05, 4.69) is 27.6 Å². The van der Waals surface area contributed by atoms with Crippen LogP contribution < -0.4 is 4.72 Å². The average Bonchev–Trinajstić information content (AvgIpc) is 2.38. The number of sulfonamides is 1. The van der Waals surface area contributed by atoms with Gasteiger partial charge in [0.05, 0.1) is 4.90 Å². The second-order valence-electron chi connectivity index (χ2n) is 5.67. The average molecular weight is 381 g/mol. The van der Waals surface area contributed by atoms with Crippen LogP contribution in [-0.2, 0) is 10.0 Å². The highest BCUT2D eigenvalue weighted by Gasteiger charge is 2.37. The Morgan fingerprint density at radius 1 is 1.40 bits per heavy atom. The van der Waals surface area contributed by atoms with Crippen LogP contribution in [0.3, 0.4) is 0 Å². The van der Waals surface area contributed by atoms with Gasteiger partial charge in [0.2, 0.25) is 10.0 Å². The fourth-order valence-electron chi connectivity index (χ4n) is 2.86. The molecule has 0 amide bonds. The van der Waals surface area contributed by atoms with Crippen LogP contribution in [0.2, 0.25) is 5.02 Å². The highest BCUT2D eigenvalue weighted by atomic mass is 79.9. The van der Waals surface area contributed by atoms with Crippen LogP contribution in [0.25, 0.3) is 0 Å². The molecule has 1 aliphatic carbocycles. The molecule has 6 heteroatoms. The summed E-state index contributed by atoms with van der Waals surface area (Å²) >= 11 is 9.29. The Labute approximate surface area is 134 Å². The van der Waals surface area contributed by atoms with Crippen molar-refractivity contribution < 1.29 is 8.42 Å². The number of rotatable bonds is 4. The van der Waals surface area contributed by atoms with Gasteiger partial charge in [-0.2, -0.15) is 0 Å². The van der Waals surface area contributed by atoms with Gasteiger partial charge in [-0.25, -0.2) is 13.1 Å². The molecule has 0 heterocycles. The van der Waals surface area contributed by atoms with Crippen molar-refractivity contribution in [2.24, 2.45) is 5.92 Å². The Hall–Kier alpha value is -0.100. The number of hydrogen-bond acceptors (Lipinski definition) is 2. The number of alkyl halides is 1. The van der Waals surface area contributed by atoms with Gasteiger partial charge in [0.15, 0.2) is 0 Å². The maximum atomic E-state index is 12.5. The lowest BCUT2D eigenvalue weighted by Crippen LogP contribution is -2.52. The molecule has 2 rings (SSSR count). The SMILES string of the molecule is CC1CCCC(CBr)(NS(=O)(=O)c2ccc(Cl)cc2)C1. The Balaban J connectivity index is 2.23. The molecular formula is C14H19BrClNO2S. The predicted molar refractivity (Wildman–Crippen MR) is 85.9 cm³/mol. The molecule has 0 radical (unpaired) electrons. The van der Waals surface area contributed by atoms with Crippen LogP contribution in [0.1, 0.15) is 32.6 Å². The standard InChI is InChI=1S/C14H19BrClNO2S/c1-11-3-2-8-14(9-11,10-15)17-20(18,19)13-6-4-12(16)5-7-13/h4-7,11,17H,2-3,8-10H2,1H3. The van der Waals surface area contributed by atoms with Crippen molar-refractivity contribution >= 4 is 37.6 Å². The van der Waals surface area contributed by atoms with Gasteiger partial charge in [-0.15, -0.1) is 0 Å². The first kappa shape index (κ1) is 16.3. The van der Waals surface area contributed by atoms with Gasteiger partial charge >= 0.3 is 0 Å². The molecule has 0 bridgehead atoms. The zero-order valence-electron chi connectivity index (χ0n) is 11.4. The van der Waals surface area contributed by atoms with Crippen molar-refractivity contribution in [2.45, 2.75) is 43.0 Å². The molecule has 1 aromatic carbocycles. The Kier molecular flexibility index (Phi) is 5.16. The second kappa shape index (κ2) is 6.34. The molecule has 1 aliphatic rings. The summed E-state index contributed by atoms with van der Waals surface area (Å²) in [6.45, 7) is 2.17. The van der Waals surface area contributed by atoms with E-state index < -0.39 is 10.0 Å². The molecule has 1 saturated carbocycles. The first-order valence-electron chi connectivity index (χ1n) is 6.72. The summed E-state index contributed by atoms with van der Waals surface area (Å²) < 4.78 is 27.9. The van der Waals surface area contributed by atoms with E-state index in [4.69, 9.17) is 11.6 Å². The maximum Gasteiger partial charge on any atom is 0.241 e. The second-order valence-corrected chi connectivity index (χ2v) is 8.35. The van der Waals surface area contributed by atoms with E-state index >= 15 is 0 Å². The molecular weight excluding hydrogens is 362 g/mol. The third-order valence-electron chi connectivity index (χ3n) is 3.82. The van der Waals surface area contributed by atoms with Crippen LogP contribution >= 0.6 is 27.5 Å². The zero-order valence-corrected chi connectivity index (χ0v) is 14.6. The van der Waals surface area contributed by atoms with Gasteiger partial charge in [-0.1, -0.05) is 47.3 Å². The van der Waals surface area contributed by atoms with E-state index in [-0.39, 0.29) is 10.4 Å². The van der Waals surface area contributed by atoms with Gasteiger partial charge in [-0.3, -0.25) is 0 Å². The summed E-state index contributed by atoms with van der Waals surface area (Å²) in [6, 6.07) is 6.28. The molecule has 0 saturated heterocycles. The van der Waals surface area contributed by atoms with E-state index in [0.29, 0.717) is 16.3 Å². The first-order valence-corrected chi connectivity index (χ1v) is 9.71. The van der Waals surface area contributed by atoms with Crippen molar-refractivity contribution in [1.29, 1.82) is 0 Å². The van der Waals surface area contributed by atoms with Crippen molar-refractivity contribution in [1.82, 2.24) is 4.72 Å². The number of halogens is 2. The summed E-state index contributed by atoms with van der Waals surface area (Å²) in [5.41, 5.74) is -0.379. The van der Waals surface area contributed by atoms with Gasteiger partial charge < -0.3 is 0 Å². The smallest absolute Gasteiger partial charge is 0.207 e. The number of benzene rings is 1. The van der Waals surface area contributed by atoms with E-state index in [1.165, 1.54) is 0 Å². The Morgan fingerprint density at radius 2 is 2.05 bits per heavy atom. The van der Waals surface area contributed by atoms with Gasteiger partial charge in [-0.05, 0) is 43.0 Å². The van der Waals surface area contributed by atoms with E-state index in [9.17, 15) is 8.42 Å². The molecule has 0 aromatic heterocycles. The van der Waals surface area contributed by atoms with Crippen molar-refractivity contribution in [3.8, 4) is 0 Å². The molecule has 1 fully saturated rings. The minimum atomic E-state index is -3.51. The molecule has 0 spiro atoms. The quantitative estimate of drug-likeness (QED) is 0.804. The van der Waals surface area contributed by atoms with Gasteiger partial charge in [0.25, 0.3) is 0 Å². The largest absolute Gasteiger partial charge is 0.241 e. The van der Waals surface area contributed by atoms with Gasteiger partial charge in [0.1, 0.15) is 0 Å². The van der Waals surface area contributed by atoms with E-state index in [1.54, 1.807) is 24.3 Å². The predicted octanol–water partition coefficient (Wildman–Crippen LogP) is 3.96. The van der Waals surface area contributed by atoms with Crippen LogP contribution in [0.4, 0.5) is 0 Å². The molecule has 2 atom stereocenters. The Morgan fingerprint density at radius 3 is 2.60 bits per heavy atom. The summed E-state index contributed by atoms with van der Waals surface area (Å²) in [7, 11) is -3.51. The monoisotopic (exact) mass is 379 g/mol. The summed E-state index contributed by atoms with van der Waals surface area (Å²) in [6.07, 6.45) is 3.95. The minimum absolute atomic E-state index is 0.264. The molecule has 3 nitrogen and oxygen atoms in total. The van der Waals surface area contributed by atoms with E-state index in [1.807, 2.05) is 0 Å². The Bertz CT molecular complexity index is 561. The van der Waals surface area contributed by atoms with Crippen LogP contribution in [0, 0.1) is 5.92 Å². The lowest BCUT2D eigenvalue weighted by molar-refractivity contribution is 0.241. The fraction of sp³-hybridized carbons (Fsp3) is 0.571. The molecule has 2 unspecified atom stereocenters. The maximum absolute atomic E-state index is 12.5. The number of nitrogens with one attached hydrogen (secondary N) is 1. The third-order valence-corrected chi connectivity index (χ3v) is 6.74. The lowest BCUT2D eigenvalue weighted by atomic mass is 9.78. The molecule has 1 N–H and O–H groups in total. The molecule has 112 valence electrons. The molecule has 1 aromatic rings. The van der Waals surface area contributed by atoms with Crippen LogP contribution in [0.5, 0.6) is 0 Å². The highest BCUT2D eigenvalue weighted by Crippen LogP contribution is 2.34. The van der Waals surface area contributed by atoms with Gasteiger partial charge in [0, 0.05) is 15.9 Å². The zero-order chi connectivity index (χ0) is 14.8. The van der Waals surface area contributed by atoms with Crippen LogP contribution in [-0.4, -0.2) is 19.3 Å². The normalized spacial score (nSPS) is 27.4.